The van der Waals surface area contributed by atoms with Gasteiger partial charge in [-0.25, -0.2) is 9.97 Å². The number of hydrogen-bond donors (Lipinski definition) is 2. The molecule has 4 heterocycles. The Hall–Kier alpha value is -3.75. The second kappa shape index (κ2) is 8.18. The number of aromatic nitrogens is 3. The molecule has 2 aliphatic rings. The number of nitrogens with one attached hydrogen (secondary N) is 2. The molecule has 9 heteroatoms. The normalized spacial score (nSPS) is 18.7. The topological polar surface area (TPSA) is 92.2 Å². The summed E-state index contributed by atoms with van der Waals surface area (Å²) in [6, 6.07) is 13.4. The summed E-state index contributed by atoms with van der Waals surface area (Å²) in [7, 11) is 1.92. The Bertz CT molecular complexity index is 1570. The maximum Gasteiger partial charge on any atom is 0.261 e. The van der Waals surface area contributed by atoms with E-state index in [-0.39, 0.29) is 11.6 Å². The van der Waals surface area contributed by atoms with Crippen LogP contribution in [0.25, 0.3) is 33.0 Å². The minimum atomic E-state index is -0.475. The predicted molar refractivity (Wildman–Crippen MR) is 137 cm³/mol. The minimum Gasteiger partial charge on any atom is -0.350 e. The maximum atomic E-state index is 13.3. The van der Waals surface area contributed by atoms with Gasteiger partial charge in [-0.2, -0.15) is 0 Å². The van der Waals surface area contributed by atoms with Gasteiger partial charge < -0.3 is 14.8 Å². The Morgan fingerprint density at radius 2 is 1.83 bits per heavy atom. The van der Waals surface area contributed by atoms with E-state index in [1.807, 2.05) is 48.1 Å². The Balaban J connectivity index is 1.65. The SMILES string of the molecule is C[C@@H]1CN(c2nc(C3=C(c4cn(C)c5ccccc45)C(=O)NC3=O)c3cc(Cl)ccc3n2)CCN1. The van der Waals surface area contributed by atoms with Crippen LogP contribution in [0.1, 0.15) is 18.2 Å². The first-order valence-corrected chi connectivity index (χ1v) is 11.9. The van der Waals surface area contributed by atoms with Gasteiger partial charge in [-0.3, -0.25) is 14.9 Å². The molecule has 8 nitrogen and oxygen atoms in total. The highest BCUT2D eigenvalue weighted by Crippen LogP contribution is 2.38. The lowest BCUT2D eigenvalue weighted by molar-refractivity contribution is -0.122. The lowest BCUT2D eigenvalue weighted by Gasteiger charge is -2.32. The number of fused-ring (bicyclic) bond motifs is 2. The van der Waals surface area contributed by atoms with E-state index < -0.39 is 11.8 Å². The summed E-state index contributed by atoms with van der Waals surface area (Å²) in [5.41, 5.74) is 3.28. The summed E-state index contributed by atoms with van der Waals surface area (Å²) >= 11 is 6.34. The van der Waals surface area contributed by atoms with Gasteiger partial charge in [0, 0.05) is 65.8 Å². The molecule has 0 aliphatic carbocycles. The van der Waals surface area contributed by atoms with E-state index in [0.29, 0.717) is 38.7 Å². The fraction of sp³-hybridized carbons (Fsp3) is 0.231. The zero-order valence-electron chi connectivity index (χ0n) is 19.3. The molecule has 0 bridgehead atoms. The number of para-hydroxylation sites is 1. The first-order chi connectivity index (χ1) is 16.9. The Morgan fingerprint density at radius 3 is 2.66 bits per heavy atom. The van der Waals surface area contributed by atoms with Crippen molar-refractivity contribution < 1.29 is 9.59 Å². The number of nitrogens with zero attached hydrogens (tertiary/aromatic N) is 4. The van der Waals surface area contributed by atoms with Crippen LogP contribution in [-0.2, 0) is 16.6 Å². The summed E-state index contributed by atoms with van der Waals surface area (Å²) < 4.78 is 1.95. The highest BCUT2D eigenvalue weighted by molar-refractivity contribution is 6.50. The van der Waals surface area contributed by atoms with E-state index in [2.05, 4.69) is 22.5 Å². The van der Waals surface area contributed by atoms with Gasteiger partial charge in [-0.15, -0.1) is 0 Å². The third kappa shape index (κ3) is 3.57. The van der Waals surface area contributed by atoms with E-state index in [1.54, 1.807) is 12.1 Å². The molecule has 1 saturated heterocycles. The minimum absolute atomic E-state index is 0.241. The third-order valence-electron chi connectivity index (χ3n) is 6.63. The van der Waals surface area contributed by atoms with Crippen molar-refractivity contribution in [1.29, 1.82) is 0 Å². The second-order valence-electron chi connectivity index (χ2n) is 9.04. The Labute approximate surface area is 206 Å². The number of aryl methyl sites for hydroxylation is 1. The molecule has 0 spiro atoms. The molecule has 2 aliphatic heterocycles. The van der Waals surface area contributed by atoms with Crippen LogP contribution >= 0.6 is 11.6 Å². The number of hydrogen-bond acceptors (Lipinski definition) is 6. The molecular formula is C26H23ClN6O2. The first-order valence-electron chi connectivity index (χ1n) is 11.5. The number of carbonyl (C=O) groups excluding carboxylic acids is 2. The van der Waals surface area contributed by atoms with Crippen molar-refractivity contribution in [3.8, 4) is 0 Å². The highest BCUT2D eigenvalue weighted by Gasteiger charge is 2.36. The number of benzene rings is 2. The average Bonchev–Trinajstić information content (AvgIpc) is 3.33. The van der Waals surface area contributed by atoms with E-state index in [4.69, 9.17) is 21.6 Å². The van der Waals surface area contributed by atoms with Crippen molar-refractivity contribution in [3.05, 3.63) is 64.9 Å². The molecule has 0 unspecified atom stereocenters. The van der Waals surface area contributed by atoms with Crippen LogP contribution in [0.3, 0.4) is 0 Å². The second-order valence-corrected chi connectivity index (χ2v) is 9.48. The van der Waals surface area contributed by atoms with Crippen LogP contribution < -0.4 is 15.5 Å². The van der Waals surface area contributed by atoms with Crippen molar-refractivity contribution in [2.24, 2.45) is 7.05 Å². The molecule has 1 atom stereocenters. The van der Waals surface area contributed by atoms with Gasteiger partial charge in [0.25, 0.3) is 11.8 Å². The molecule has 0 saturated carbocycles. The van der Waals surface area contributed by atoms with E-state index in [0.717, 1.165) is 30.5 Å². The van der Waals surface area contributed by atoms with Crippen molar-refractivity contribution in [2.45, 2.75) is 13.0 Å². The zero-order chi connectivity index (χ0) is 24.3. The van der Waals surface area contributed by atoms with Crippen LogP contribution in [0.4, 0.5) is 5.95 Å². The molecular weight excluding hydrogens is 464 g/mol. The van der Waals surface area contributed by atoms with Crippen molar-refractivity contribution >= 4 is 62.3 Å². The highest BCUT2D eigenvalue weighted by atomic mass is 35.5. The molecule has 2 N–H and O–H groups in total. The number of imide groups is 1. The summed E-state index contributed by atoms with van der Waals surface area (Å²) in [6.07, 6.45) is 1.88. The maximum absolute atomic E-state index is 13.3. The van der Waals surface area contributed by atoms with Gasteiger partial charge in [0.15, 0.2) is 0 Å². The number of halogens is 1. The summed E-state index contributed by atoms with van der Waals surface area (Å²) in [5.74, 6) is -0.384. The molecule has 2 amide bonds. The van der Waals surface area contributed by atoms with Gasteiger partial charge in [-0.05, 0) is 31.2 Å². The lowest BCUT2D eigenvalue weighted by atomic mass is 9.97. The largest absolute Gasteiger partial charge is 0.350 e. The van der Waals surface area contributed by atoms with Crippen LogP contribution in [0.5, 0.6) is 0 Å². The van der Waals surface area contributed by atoms with E-state index in [1.165, 1.54) is 0 Å². The molecule has 2 aromatic carbocycles. The fourth-order valence-corrected chi connectivity index (χ4v) is 5.19. The average molecular weight is 487 g/mol. The molecule has 2 aromatic heterocycles. The van der Waals surface area contributed by atoms with Crippen molar-refractivity contribution in [1.82, 2.24) is 25.2 Å². The Kier molecular flexibility index (Phi) is 5.09. The summed E-state index contributed by atoms with van der Waals surface area (Å²) in [6.45, 7) is 4.39. The van der Waals surface area contributed by atoms with Crippen LogP contribution in [-0.4, -0.2) is 52.0 Å². The van der Waals surface area contributed by atoms with Crippen LogP contribution in [0, 0.1) is 0 Å². The number of carbonyl (C=O) groups is 2. The number of anilines is 1. The molecule has 35 heavy (non-hydrogen) atoms. The van der Waals surface area contributed by atoms with Crippen LogP contribution in [0.2, 0.25) is 5.02 Å². The Morgan fingerprint density at radius 1 is 1.03 bits per heavy atom. The van der Waals surface area contributed by atoms with Gasteiger partial charge in [-0.1, -0.05) is 29.8 Å². The quantitative estimate of drug-likeness (QED) is 0.432. The van der Waals surface area contributed by atoms with Crippen molar-refractivity contribution in [2.75, 3.05) is 24.5 Å². The first kappa shape index (κ1) is 21.8. The number of rotatable bonds is 3. The van der Waals surface area contributed by atoms with Crippen molar-refractivity contribution in [3.63, 3.8) is 0 Å². The zero-order valence-corrected chi connectivity index (χ0v) is 20.1. The standard InChI is InChI=1S/C26H23ClN6O2/c1-14-12-33(10-9-28-14)26-29-19-8-7-15(27)11-17(19)23(30-26)22-21(24(34)31-25(22)35)18-13-32(2)20-6-4-3-5-16(18)20/h3-8,11,13-14,28H,9-10,12H2,1-2H3,(H,31,34,35)/t14-/m1/s1. The lowest BCUT2D eigenvalue weighted by Crippen LogP contribution is -2.49. The predicted octanol–water partition coefficient (Wildman–Crippen LogP) is 3.14. The van der Waals surface area contributed by atoms with Crippen LogP contribution in [0.15, 0.2) is 48.7 Å². The van der Waals surface area contributed by atoms with E-state index >= 15 is 0 Å². The smallest absolute Gasteiger partial charge is 0.261 e. The molecule has 6 rings (SSSR count). The monoisotopic (exact) mass is 486 g/mol. The number of piperazine rings is 1. The van der Waals surface area contributed by atoms with Gasteiger partial charge >= 0.3 is 0 Å². The molecule has 176 valence electrons. The number of amides is 2. The van der Waals surface area contributed by atoms with E-state index in [9.17, 15) is 9.59 Å². The van der Waals surface area contributed by atoms with Gasteiger partial charge in [0.2, 0.25) is 5.95 Å². The third-order valence-corrected chi connectivity index (χ3v) is 6.87. The molecule has 0 radical (unpaired) electrons. The van der Waals surface area contributed by atoms with Gasteiger partial charge in [0.1, 0.15) is 0 Å². The summed E-state index contributed by atoms with van der Waals surface area (Å²) in [4.78, 5) is 38.2. The van der Waals surface area contributed by atoms with Gasteiger partial charge in [0.05, 0.1) is 22.4 Å². The summed E-state index contributed by atoms with van der Waals surface area (Å²) in [5, 5.41) is 7.94. The fourth-order valence-electron chi connectivity index (χ4n) is 5.01. The molecule has 1 fully saturated rings. The molecule has 4 aromatic rings.